The van der Waals surface area contributed by atoms with Crippen molar-refractivity contribution in [1.29, 1.82) is 0 Å². The molecule has 0 spiro atoms. The number of unbranched alkanes of at least 4 members (excludes halogenated alkanes) is 25. The summed E-state index contributed by atoms with van der Waals surface area (Å²) < 4.78 is 5.33. The Kier molecular flexibility index (Phi) is 40.5. The molecule has 0 aromatic carbocycles. The highest BCUT2D eigenvalue weighted by molar-refractivity contribution is 5.75. The number of aliphatic hydroxyl groups is 2. The van der Waals surface area contributed by atoms with E-state index < -0.39 is 24.0 Å². The largest absolute Gasteiger partial charge is 0.481 e. The number of hydrogen-bond donors (Lipinski definition) is 5. The number of carboxylic acid groups (broad SMARTS) is 3. The van der Waals surface area contributed by atoms with Crippen molar-refractivity contribution >= 4 is 23.9 Å². The van der Waals surface area contributed by atoms with Gasteiger partial charge in [-0.1, -0.05) is 174 Å². The van der Waals surface area contributed by atoms with Crippen molar-refractivity contribution in [1.82, 2.24) is 0 Å². The Morgan fingerprint density at radius 3 is 1.04 bits per heavy atom. The molecule has 0 saturated heterocycles. The van der Waals surface area contributed by atoms with Crippen molar-refractivity contribution in [2.24, 2.45) is 5.92 Å². The van der Waals surface area contributed by atoms with Gasteiger partial charge in [-0.05, 0) is 19.3 Å². The van der Waals surface area contributed by atoms with Gasteiger partial charge in [-0.25, -0.2) is 0 Å². The minimum atomic E-state index is -1.08. The Hall–Kier alpha value is -2.20. The Morgan fingerprint density at radius 2 is 0.745 bits per heavy atom. The minimum absolute atomic E-state index is 0.0904. The topological polar surface area (TPSA) is 179 Å². The predicted molar refractivity (Wildman–Crippen MR) is 204 cm³/mol. The van der Waals surface area contributed by atoms with Crippen molar-refractivity contribution in [3.05, 3.63) is 0 Å². The average molecular weight is 731 g/mol. The van der Waals surface area contributed by atoms with Crippen LogP contribution in [0.5, 0.6) is 0 Å². The molecule has 51 heavy (non-hydrogen) atoms. The first-order valence-corrected chi connectivity index (χ1v) is 20.7. The lowest BCUT2D eigenvalue weighted by Crippen LogP contribution is -2.25. The van der Waals surface area contributed by atoms with Crippen LogP contribution in [0.4, 0.5) is 0 Å². The molecule has 0 aliphatic heterocycles. The smallest absolute Gasteiger partial charge is 0.309 e. The van der Waals surface area contributed by atoms with Crippen LogP contribution in [0, 0.1) is 5.92 Å². The highest BCUT2D eigenvalue weighted by Gasteiger charge is 2.20. The fourth-order valence-corrected chi connectivity index (χ4v) is 6.14. The number of carbonyl (C=O) groups is 4. The van der Waals surface area contributed by atoms with Gasteiger partial charge in [-0.3, -0.25) is 19.2 Å². The fraction of sp³-hybridized carbons (Fsp3) is 0.902. The number of esters is 1. The van der Waals surface area contributed by atoms with Gasteiger partial charge in [-0.15, -0.1) is 0 Å². The number of carbonyl (C=O) groups excluding carboxylic acids is 1. The van der Waals surface area contributed by atoms with Crippen LogP contribution in [0.3, 0.4) is 0 Å². The molecule has 10 heteroatoms. The van der Waals surface area contributed by atoms with Crippen LogP contribution in [0.1, 0.15) is 212 Å². The lowest BCUT2D eigenvalue weighted by Gasteiger charge is -2.17. The maximum atomic E-state index is 12.7. The number of carboxylic acids is 3. The van der Waals surface area contributed by atoms with E-state index in [0.717, 1.165) is 51.4 Å². The van der Waals surface area contributed by atoms with Crippen LogP contribution in [-0.2, 0) is 23.9 Å². The number of rotatable bonds is 38. The highest BCUT2D eigenvalue weighted by atomic mass is 16.5. The molecule has 2 atom stereocenters. The van der Waals surface area contributed by atoms with Crippen LogP contribution >= 0.6 is 0 Å². The van der Waals surface area contributed by atoms with E-state index in [1.807, 2.05) is 0 Å². The van der Waals surface area contributed by atoms with E-state index in [1.54, 1.807) is 0 Å². The molecule has 0 heterocycles. The quantitative estimate of drug-likeness (QED) is 0.0303. The number of aliphatic carboxylic acids is 3. The average Bonchev–Trinajstić information content (AvgIpc) is 3.10. The van der Waals surface area contributed by atoms with Gasteiger partial charge in [0.1, 0.15) is 12.7 Å². The SMILES string of the molecule is CCCCCCCCCCCCCCCCC(CCCCCCCCCCCCCCCC(=O)O)C(=O)OCC(O)CO.O=C(O)CCC(=O)O. The van der Waals surface area contributed by atoms with Crippen molar-refractivity contribution in [3.8, 4) is 0 Å². The second kappa shape index (κ2) is 40.6. The third-order valence-corrected chi connectivity index (χ3v) is 9.36. The monoisotopic (exact) mass is 731 g/mol. The van der Waals surface area contributed by atoms with E-state index in [4.69, 9.17) is 25.2 Å². The minimum Gasteiger partial charge on any atom is -0.481 e. The molecule has 0 fully saturated rings. The van der Waals surface area contributed by atoms with E-state index >= 15 is 0 Å². The van der Waals surface area contributed by atoms with Gasteiger partial charge in [0.25, 0.3) is 0 Å². The zero-order valence-corrected chi connectivity index (χ0v) is 32.5. The normalized spacial score (nSPS) is 12.1. The van der Waals surface area contributed by atoms with E-state index in [0.29, 0.717) is 6.42 Å². The Labute approximate surface area is 310 Å². The number of hydrogen-bond acceptors (Lipinski definition) is 7. The fourth-order valence-electron chi connectivity index (χ4n) is 6.14. The lowest BCUT2D eigenvalue weighted by atomic mass is 9.94. The third-order valence-electron chi connectivity index (χ3n) is 9.36. The molecule has 0 rings (SSSR count). The molecule has 0 aliphatic carbocycles. The summed E-state index contributed by atoms with van der Waals surface area (Å²) in [5.74, 6) is -3.13. The molecule has 0 saturated carbocycles. The lowest BCUT2D eigenvalue weighted by molar-refractivity contribution is -0.153. The van der Waals surface area contributed by atoms with E-state index in [9.17, 15) is 24.3 Å². The van der Waals surface area contributed by atoms with Crippen molar-refractivity contribution in [2.45, 2.75) is 218 Å². The van der Waals surface area contributed by atoms with Gasteiger partial charge in [0.2, 0.25) is 0 Å². The first kappa shape index (κ1) is 50.9. The van der Waals surface area contributed by atoms with Crippen molar-refractivity contribution in [3.63, 3.8) is 0 Å². The van der Waals surface area contributed by atoms with Gasteiger partial charge >= 0.3 is 23.9 Å². The van der Waals surface area contributed by atoms with E-state index in [-0.39, 0.29) is 37.9 Å². The molecule has 0 aromatic heterocycles. The van der Waals surface area contributed by atoms with Gasteiger partial charge in [-0.2, -0.15) is 0 Å². The van der Waals surface area contributed by atoms with Crippen molar-refractivity contribution < 1.29 is 49.4 Å². The second-order valence-electron chi connectivity index (χ2n) is 14.4. The molecule has 0 aliphatic rings. The second-order valence-corrected chi connectivity index (χ2v) is 14.4. The van der Waals surface area contributed by atoms with Gasteiger partial charge < -0.3 is 30.3 Å². The Bertz CT molecular complexity index is 789. The molecular formula is C41H78O10. The summed E-state index contributed by atoms with van der Waals surface area (Å²) in [4.78, 5) is 42.5. The summed E-state index contributed by atoms with van der Waals surface area (Å²) in [6.07, 6.45) is 34.3. The standard InChI is InChI=1S/C37H72O6.C4H6O4/c1-2-3-4-5-6-7-8-9-11-14-17-20-23-26-29-34(37(42)43-33-35(39)32-38)30-27-24-21-18-15-12-10-13-16-19-22-25-28-31-36(40)41;5-3(6)1-2-4(7)8/h34-35,38-39H,2-33H2,1H3,(H,40,41);1-2H2,(H,5,6)(H,7,8). The zero-order valence-electron chi connectivity index (χ0n) is 32.5. The summed E-state index contributed by atoms with van der Waals surface area (Å²) in [5.41, 5.74) is 0. The van der Waals surface area contributed by atoms with Gasteiger partial charge in [0.05, 0.1) is 25.4 Å². The molecule has 2 unspecified atom stereocenters. The van der Waals surface area contributed by atoms with E-state index in [2.05, 4.69) is 6.92 Å². The summed E-state index contributed by atoms with van der Waals surface area (Å²) in [6.45, 7) is 1.77. The maximum Gasteiger partial charge on any atom is 0.309 e. The first-order chi connectivity index (χ1) is 24.6. The van der Waals surface area contributed by atoms with Crippen LogP contribution in [0.25, 0.3) is 0 Å². The van der Waals surface area contributed by atoms with Gasteiger partial charge in [0.15, 0.2) is 0 Å². The highest BCUT2D eigenvalue weighted by Crippen LogP contribution is 2.22. The molecular weight excluding hydrogens is 652 g/mol. The van der Waals surface area contributed by atoms with Crippen LogP contribution in [0.2, 0.25) is 0 Å². The molecule has 5 N–H and O–H groups in total. The maximum absolute atomic E-state index is 12.7. The Balaban J connectivity index is 0. The predicted octanol–water partition coefficient (Wildman–Crippen LogP) is 10.2. The van der Waals surface area contributed by atoms with E-state index in [1.165, 1.54) is 135 Å². The van der Waals surface area contributed by atoms with Gasteiger partial charge in [0, 0.05) is 6.42 Å². The molecule has 0 bridgehead atoms. The number of aliphatic hydroxyl groups excluding tert-OH is 2. The summed E-state index contributed by atoms with van der Waals surface area (Å²) in [6, 6.07) is 0. The first-order valence-electron chi connectivity index (χ1n) is 20.7. The molecule has 0 aromatic rings. The summed E-state index contributed by atoms with van der Waals surface area (Å²) in [7, 11) is 0. The molecule has 0 amide bonds. The zero-order chi connectivity index (χ0) is 38.2. The molecule has 0 radical (unpaired) electrons. The summed E-state index contributed by atoms with van der Waals surface area (Å²) >= 11 is 0. The Morgan fingerprint density at radius 1 is 0.451 bits per heavy atom. The van der Waals surface area contributed by atoms with Crippen LogP contribution < -0.4 is 0 Å². The number of ether oxygens (including phenoxy) is 1. The van der Waals surface area contributed by atoms with Crippen molar-refractivity contribution in [2.75, 3.05) is 13.2 Å². The summed E-state index contributed by atoms with van der Waals surface area (Å²) in [5, 5.41) is 43.1. The third kappa shape index (κ3) is 43.9. The molecule has 302 valence electrons. The van der Waals surface area contributed by atoms with Crippen LogP contribution in [-0.4, -0.2) is 68.7 Å². The molecule has 10 nitrogen and oxygen atoms in total. The van der Waals surface area contributed by atoms with Crippen LogP contribution in [0.15, 0.2) is 0 Å².